The first-order valence-electron chi connectivity index (χ1n) is 13.0. The summed E-state index contributed by atoms with van der Waals surface area (Å²) in [5, 5.41) is 3.18. The number of hydrogen-bond acceptors (Lipinski definition) is 4. The maximum absolute atomic E-state index is 6.12. The van der Waals surface area contributed by atoms with E-state index in [0.717, 1.165) is 61.1 Å². The summed E-state index contributed by atoms with van der Waals surface area (Å²) in [4.78, 5) is 6.88. The van der Waals surface area contributed by atoms with Gasteiger partial charge >= 0.3 is 0 Å². The van der Waals surface area contributed by atoms with Crippen molar-refractivity contribution in [3.63, 3.8) is 0 Å². The van der Waals surface area contributed by atoms with Crippen molar-refractivity contribution in [2.24, 2.45) is 0 Å². The minimum Gasteiger partial charge on any atom is -0.456 e. The van der Waals surface area contributed by atoms with Crippen LogP contribution < -0.4 is 4.90 Å². The van der Waals surface area contributed by atoms with Gasteiger partial charge in [0.15, 0.2) is 5.58 Å². The number of nitrogens with zero attached hydrogens (tertiary/aromatic N) is 2. The van der Waals surface area contributed by atoms with Gasteiger partial charge in [0.25, 0.3) is 0 Å². The lowest BCUT2D eigenvalue weighted by atomic mass is 10.0. The molecular formula is C35H22N2O2. The summed E-state index contributed by atoms with van der Waals surface area (Å²) >= 11 is 0. The van der Waals surface area contributed by atoms with Gasteiger partial charge in [-0.05, 0) is 77.9 Å². The summed E-state index contributed by atoms with van der Waals surface area (Å²) < 4.78 is 12.2. The number of furan rings is 2. The average molecular weight is 503 g/mol. The second-order valence-electron chi connectivity index (χ2n) is 9.66. The number of anilines is 3. The smallest absolute Gasteiger partial charge is 0.153 e. The van der Waals surface area contributed by atoms with Gasteiger partial charge in [-0.1, -0.05) is 60.7 Å². The van der Waals surface area contributed by atoms with E-state index in [9.17, 15) is 0 Å². The second-order valence-corrected chi connectivity index (χ2v) is 9.66. The molecule has 4 nitrogen and oxygen atoms in total. The third kappa shape index (κ3) is 3.57. The highest BCUT2D eigenvalue weighted by molar-refractivity contribution is 6.07. The van der Waals surface area contributed by atoms with Gasteiger partial charge in [0.1, 0.15) is 22.3 Å². The highest BCUT2D eigenvalue weighted by Crippen LogP contribution is 2.41. The van der Waals surface area contributed by atoms with Crippen LogP contribution in [0.1, 0.15) is 0 Å². The molecule has 0 aliphatic rings. The predicted octanol–water partition coefficient (Wildman–Crippen LogP) is 10.0. The quantitative estimate of drug-likeness (QED) is 0.240. The highest BCUT2D eigenvalue weighted by atomic mass is 16.3. The van der Waals surface area contributed by atoms with Crippen molar-refractivity contribution in [3.8, 4) is 11.1 Å². The number of para-hydroxylation sites is 1. The standard InChI is InChI=1S/C35H22N2O2/c1-2-7-23(8-3-1)24-12-14-25(15-13-24)37(26-16-18-32-29(21-26)28-9-4-5-10-31(28)38-32)27-17-19-33-30(22-27)35-34(39-33)11-6-20-36-35/h1-22H. The summed E-state index contributed by atoms with van der Waals surface area (Å²) in [5.41, 5.74) is 9.73. The SMILES string of the molecule is c1ccc(-c2ccc(N(c3ccc4oc5ccccc5c4c3)c3ccc4oc5cccnc5c4c3)cc2)cc1. The van der Waals surface area contributed by atoms with Gasteiger partial charge in [0.2, 0.25) is 0 Å². The minimum absolute atomic E-state index is 0.787. The molecule has 0 N–H and O–H groups in total. The van der Waals surface area contributed by atoms with Crippen molar-refractivity contribution < 1.29 is 8.83 Å². The Kier molecular flexibility index (Phi) is 4.79. The van der Waals surface area contributed by atoms with Crippen molar-refractivity contribution in [1.29, 1.82) is 0 Å². The Labute approximate surface area is 224 Å². The van der Waals surface area contributed by atoms with Gasteiger partial charge in [0, 0.05) is 39.4 Å². The van der Waals surface area contributed by atoms with E-state index in [0.29, 0.717) is 0 Å². The van der Waals surface area contributed by atoms with Crippen molar-refractivity contribution in [2.75, 3.05) is 4.90 Å². The molecule has 0 saturated heterocycles. The van der Waals surface area contributed by atoms with Crippen LogP contribution in [0.3, 0.4) is 0 Å². The van der Waals surface area contributed by atoms with E-state index in [4.69, 9.17) is 8.83 Å². The number of hydrogen-bond donors (Lipinski definition) is 0. The van der Waals surface area contributed by atoms with Gasteiger partial charge in [0.05, 0.1) is 0 Å². The topological polar surface area (TPSA) is 42.4 Å². The van der Waals surface area contributed by atoms with E-state index in [1.807, 2.05) is 42.6 Å². The van der Waals surface area contributed by atoms with E-state index < -0.39 is 0 Å². The van der Waals surface area contributed by atoms with Gasteiger partial charge in [-0.2, -0.15) is 0 Å². The Morgan fingerprint density at radius 2 is 1.03 bits per heavy atom. The van der Waals surface area contributed by atoms with Crippen LogP contribution in [0, 0.1) is 0 Å². The number of aromatic nitrogens is 1. The molecule has 0 unspecified atom stereocenters. The molecule has 0 radical (unpaired) electrons. The third-order valence-corrected chi connectivity index (χ3v) is 7.32. The lowest BCUT2D eigenvalue weighted by Gasteiger charge is -2.26. The molecule has 0 atom stereocenters. The third-order valence-electron chi connectivity index (χ3n) is 7.32. The molecule has 8 rings (SSSR count). The lowest BCUT2D eigenvalue weighted by Crippen LogP contribution is -2.09. The van der Waals surface area contributed by atoms with Crippen LogP contribution in [0.5, 0.6) is 0 Å². The first kappa shape index (κ1) is 21.7. The van der Waals surface area contributed by atoms with Gasteiger partial charge in [-0.15, -0.1) is 0 Å². The maximum Gasteiger partial charge on any atom is 0.153 e. The normalized spacial score (nSPS) is 11.6. The van der Waals surface area contributed by atoms with Crippen molar-refractivity contribution in [1.82, 2.24) is 4.98 Å². The number of fused-ring (bicyclic) bond motifs is 6. The molecule has 3 aromatic heterocycles. The highest BCUT2D eigenvalue weighted by Gasteiger charge is 2.18. The van der Waals surface area contributed by atoms with Crippen molar-refractivity contribution in [3.05, 3.63) is 134 Å². The molecule has 4 heteroatoms. The summed E-state index contributed by atoms with van der Waals surface area (Å²) in [5.74, 6) is 0. The Morgan fingerprint density at radius 3 is 1.85 bits per heavy atom. The van der Waals surface area contributed by atoms with Crippen LogP contribution in [0.4, 0.5) is 17.1 Å². The molecule has 39 heavy (non-hydrogen) atoms. The molecule has 0 amide bonds. The van der Waals surface area contributed by atoms with Crippen LogP contribution in [-0.2, 0) is 0 Å². The lowest BCUT2D eigenvalue weighted by molar-refractivity contribution is 0.668. The predicted molar refractivity (Wildman–Crippen MR) is 159 cm³/mol. The van der Waals surface area contributed by atoms with Crippen LogP contribution in [0.2, 0.25) is 0 Å². The fourth-order valence-electron chi connectivity index (χ4n) is 5.46. The molecule has 3 heterocycles. The van der Waals surface area contributed by atoms with Crippen LogP contribution in [0.25, 0.3) is 55.1 Å². The Hall–Kier alpha value is -5.35. The van der Waals surface area contributed by atoms with E-state index in [1.165, 1.54) is 11.1 Å². The number of rotatable bonds is 4. The minimum atomic E-state index is 0.787. The Bertz CT molecular complexity index is 2010. The first-order chi connectivity index (χ1) is 19.3. The van der Waals surface area contributed by atoms with Gasteiger partial charge in [-0.25, -0.2) is 0 Å². The summed E-state index contributed by atoms with van der Waals surface area (Å²) in [7, 11) is 0. The summed E-state index contributed by atoms with van der Waals surface area (Å²) in [6, 6.07) is 43.9. The van der Waals surface area contributed by atoms with Crippen LogP contribution >= 0.6 is 0 Å². The summed E-state index contributed by atoms with van der Waals surface area (Å²) in [6.07, 6.45) is 1.81. The molecule has 0 fully saturated rings. The molecule has 5 aromatic carbocycles. The maximum atomic E-state index is 6.12. The summed E-state index contributed by atoms with van der Waals surface area (Å²) in [6.45, 7) is 0. The van der Waals surface area contributed by atoms with Crippen LogP contribution in [-0.4, -0.2) is 4.98 Å². The fraction of sp³-hybridized carbons (Fsp3) is 0. The van der Waals surface area contributed by atoms with Gasteiger partial charge in [-0.3, -0.25) is 4.98 Å². The Balaban J connectivity index is 1.33. The second kappa shape index (κ2) is 8.61. The molecule has 0 aliphatic heterocycles. The number of pyridine rings is 1. The van der Waals surface area contributed by atoms with E-state index in [-0.39, 0.29) is 0 Å². The molecule has 0 spiro atoms. The zero-order chi connectivity index (χ0) is 25.8. The van der Waals surface area contributed by atoms with E-state index >= 15 is 0 Å². The first-order valence-corrected chi connectivity index (χ1v) is 13.0. The molecule has 0 bridgehead atoms. The molecule has 184 valence electrons. The van der Waals surface area contributed by atoms with Crippen LogP contribution in [0.15, 0.2) is 142 Å². The van der Waals surface area contributed by atoms with Crippen molar-refractivity contribution in [2.45, 2.75) is 0 Å². The molecule has 0 aliphatic carbocycles. The zero-order valence-corrected chi connectivity index (χ0v) is 20.9. The number of benzene rings is 5. The van der Waals surface area contributed by atoms with Gasteiger partial charge < -0.3 is 13.7 Å². The average Bonchev–Trinajstić information content (AvgIpc) is 3.56. The monoisotopic (exact) mass is 502 g/mol. The molecule has 0 saturated carbocycles. The van der Waals surface area contributed by atoms with Crippen molar-refractivity contribution >= 4 is 61.1 Å². The zero-order valence-electron chi connectivity index (χ0n) is 20.9. The fourth-order valence-corrected chi connectivity index (χ4v) is 5.46. The largest absolute Gasteiger partial charge is 0.456 e. The Morgan fingerprint density at radius 1 is 0.436 bits per heavy atom. The van der Waals surface area contributed by atoms with E-state index in [2.05, 4.69) is 101 Å². The van der Waals surface area contributed by atoms with E-state index in [1.54, 1.807) is 0 Å². The molecular weight excluding hydrogens is 480 g/mol. The molecule has 8 aromatic rings.